The first-order chi connectivity index (χ1) is 7.65. The third-order valence-electron chi connectivity index (χ3n) is 2.41. The summed E-state index contributed by atoms with van der Waals surface area (Å²) in [4.78, 5) is 12.8. The number of hydrogen-bond donors (Lipinski definition) is 1. The molecule has 5 nitrogen and oxygen atoms in total. The number of aromatic nitrogens is 2. The number of hydrogen-bond acceptors (Lipinski definition) is 5. The lowest BCUT2D eigenvalue weighted by atomic mass is 10.3. The van der Waals surface area contributed by atoms with E-state index < -0.39 is 0 Å². The van der Waals surface area contributed by atoms with E-state index in [4.69, 9.17) is 5.73 Å². The summed E-state index contributed by atoms with van der Waals surface area (Å²) >= 11 is 0. The topological polar surface area (TPSA) is 58.3 Å². The van der Waals surface area contributed by atoms with Gasteiger partial charge in [-0.05, 0) is 27.1 Å². The largest absolute Gasteiger partial charge is 0.358 e. The van der Waals surface area contributed by atoms with Gasteiger partial charge in [0, 0.05) is 32.5 Å². The minimum absolute atomic E-state index is 0.432. The van der Waals surface area contributed by atoms with E-state index in [1.807, 2.05) is 7.05 Å². The van der Waals surface area contributed by atoms with Gasteiger partial charge in [0.05, 0.1) is 5.69 Å². The van der Waals surface area contributed by atoms with Gasteiger partial charge in [-0.3, -0.25) is 4.98 Å². The van der Waals surface area contributed by atoms with Crippen LogP contribution in [-0.2, 0) is 6.54 Å². The minimum Gasteiger partial charge on any atom is -0.358 e. The second kappa shape index (κ2) is 6.40. The minimum atomic E-state index is 0.432. The predicted octanol–water partition coefficient (Wildman–Crippen LogP) is 0.323. The molecule has 16 heavy (non-hydrogen) atoms. The molecule has 1 aromatic rings. The highest BCUT2D eigenvalue weighted by molar-refractivity contribution is 5.41. The van der Waals surface area contributed by atoms with Gasteiger partial charge in [0.25, 0.3) is 0 Å². The Morgan fingerprint density at radius 1 is 1.12 bits per heavy atom. The van der Waals surface area contributed by atoms with Crippen molar-refractivity contribution in [3.05, 3.63) is 18.1 Å². The molecule has 1 aromatic heterocycles. The average Bonchev–Trinajstić information content (AvgIpc) is 2.28. The maximum absolute atomic E-state index is 5.63. The standard InChI is InChI=1S/C11H21N5/c1-15(2)7-4-8-16(3)11-10(9-12)13-5-6-14-11/h5-6H,4,7-9,12H2,1-3H3. The molecule has 0 fully saturated rings. The van der Waals surface area contributed by atoms with Crippen LogP contribution in [0.4, 0.5) is 5.82 Å². The Balaban J connectivity index is 2.55. The van der Waals surface area contributed by atoms with Gasteiger partial charge in [0.1, 0.15) is 0 Å². The second-order valence-electron chi connectivity index (χ2n) is 4.11. The molecule has 0 spiro atoms. The molecule has 2 N–H and O–H groups in total. The summed E-state index contributed by atoms with van der Waals surface area (Å²) in [5.74, 6) is 0.892. The molecule has 0 aliphatic carbocycles. The molecule has 0 aliphatic rings. The van der Waals surface area contributed by atoms with E-state index in [1.54, 1.807) is 12.4 Å². The fourth-order valence-electron chi connectivity index (χ4n) is 1.55. The van der Waals surface area contributed by atoms with Crippen molar-refractivity contribution >= 4 is 5.82 Å². The summed E-state index contributed by atoms with van der Waals surface area (Å²) in [5, 5.41) is 0. The van der Waals surface area contributed by atoms with Gasteiger partial charge in [0.2, 0.25) is 0 Å². The smallest absolute Gasteiger partial charge is 0.151 e. The molecule has 0 bridgehead atoms. The normalized spacial score (nSPS) is 10.8. The van der Waals surface area contributed by atoms with E-state index >= 15 is 0 Å². The van der Waals surface area contributed by atoms with Crippen LogP contribution in [0.5, 0.6) is 0 Å². The van der Waals surface area contributed by atoms with E-state index in [-0.39, 0.29) is 0 Å². The molecule has 5 heteroatoms. The molecular formula is C11H21N5. The Morgan fingerprint density at radius 2 is 1.81 bits per heavy atom. The van der Waals surface area contributed by atoms with E-state index in [2.05, 4.69) is 33.9 Å². The molecule has 0 aromatic carbocycles. The van der Waals surface area contributed by atoms with Crippen molar-refractivity contribution in [2.24, 2.45) is 5.73 Å². The predicted molar refractivity (Wildman–Crippen MR) is 66.4 cm³/mol. The molecule has 1 heterocycles. The van der Waals surface area contributed by atoms with Crippen molar-refractivity contribution in [2.45, 2.75) is 13.0 Å². The Morgan fingerprint density at radius 3 is 2.44 bits per heavy atom. The number of anilines is 1. The molecule has 0 saturated heterocycles. The van der Waals surface area contributed by atoms with Crippen molar-refractivity contribution in [1.82, 2.24) is 14.9 Å². The second-order valence-corrected chi connectivity index (χ2v) is 4.11. The van der Waals surface area contributed by atoms with Crippen LogP contribution in [0, 0.1) is 0 Å². The summed E-state index contributed by atoms with van der Waals surface area (Å²) in [5.41, 5.74) is 6.48. The lowest BCUT2D eigenvalue weighted by Gasteiger charge is -2.20. The molecule has 0 unspecified atom stereocenters. The van der Waals surface area contributed by atoms with Crippen molar-refractivity contribution in [1.29, 1.82) is 0 Å². The van der Waals surface area contributed by atoms with Gasteiger partial charge < -0.3 is 15.5 Å². The van der Waals surface area contributed by atoms with Crippen molar-refractivity contribution in [2.75, 3.05) is 39.1 Å². The Hall–Kier alpha value is -1.20. The van der Waals surface area contributed by atoms with Gasteiger partial charge in [-0.2, -0.15) is 0 Å². The average molecular weight is 223 g/mol. The maximum atomic E-state index is 5.63. The zero-order valence-electron chi connectivity index (χ0n) is 10.3. The molecule has 0 radical (unpaired) electrons. The van der Waals surface area contributed by atoms with E-state index in [0.717, 1.165) is 31.0 Å². The first kappa shape index (κ1) is 12.9. The molecular weight excluding hydrogens is 202 g/mol. The van der Waals surface area contributed by atoms with Crippen LogP contribution in [0.1, 0.15) is 12.1 Å². The van der Waals surface area contributed by atoms with Crippen molar-refractivity contribution < 1.29 is 0 Å². The number of nitrogens with zero attached hydrogens (tertiary/aromatic N) is 4. The summed E-state index contributed by atoms with van der Waals surface area (Å²) in [6.07, 6.45) is 4.49. The Labute approximate surface area is 97.3 Å². The monoisotopic (exact) mass is 223 g/mol. The summed E-state index contributed by atoms with van der Waals surface area (Å²) in [6.45, 7) is 2.47. The van der Waals surface area contributed by atoms with Gasteiger partial charge in [-0.1, -0.05) is 0 Å². The Bertz CT molecular complexity index is 313. The first-order valence-electron chi connectivity index (χ1n) is 5.51. The summed E-state index contributed by atoms with van der Waals surface area (Å²) in [7, 11) is 6.18. The summed E-state index contributed by atoms with van der Waals surface area (Å²) in [6, 6.07) is 0. The molecule has 0 aliphatic heterocycles. The zero-order chi connectivity index (χ0) is 12.0. The Kier molecular flexibility index (Phi) is 5.14. The highest BCUT2D eigenvalue weighted by atomic mass is 15.2. The van der Waals surface area contributed by atoms with Crippen LogP contribution >= 0.6 is 0 Å². The third kappa shape index (κ3) is 3.75. The maximum Gasteiger partial charge on any atom is 0.151 e. The van der Waals surface area contributed by atoms with Crippen LogP contribution < -0.4 is 10.6 Å². The summed E-state index contributed by atoms with van der Waals surface area (Å²) < 4.78 is 0. The van der Waals surface area contributed by atoms with Crippen LogP contribution in [-0.4, -0.2) is 49.1 Å². The van der Waals surface area contributed by atoms with E-state index in [1.165, 1.54) is 0 Å². The molecule has 90 valence electrons. The SMILES string of the molecule is CN(C)CCCN(C)c1nccnc1CN. The van der Waals surface area contributed by atoms with Gasteiger partial charge in [-0.25, -0.2) is 4.98 Å². The highest BCUT2D eigenvalue weighted by Gasteiger charge is 2.08. The van der Waals surface area contributed by atoms with Gasteiger partial charge in [-0.15, -0.1) is 0 Å². The number of nitrogens with two attached hydrogens (primary N) is 1. The van der Waals surface area contributed by atoms with Crippen LogP contribution in [0.2, 0.25) is 0 Å². The fraction of sp³-hybridized carbons (Fsp3) is 0.636. The van der Waals surface area contributed by atoms with E-state index in [0.29, 0.717) is 6.54 Å². The molecule has 0 amide bonds. The zero-order valence-corrected chi connectivity index (χ0v) is 10.3. The van der Waals surface area contributed by atoms with Gasteiger partial charge in [0.15, 0.2) is 5.82 Å². The third-order valence-corrected chi connectivity index (χ3v) is 2.41. The fourth-order valence-corrected chi connectivity index (χ4v) is 1.55. The van der Waals surface area contributed by atoms with Crippen molar-refractivity contribution in [3.63, 3.8) is 0 Å². The van der Waals surface area contributed by atoms with Crippen molar-refractivity contribution in [3.8, 4) is 0 Å². The lowest BCUT2D eigenvalue weighted by Crippen LogP contribution is -2.25. The quantitative estimate of drug-likeness (QED) is 0.753. The van der Waals surface area contributed by atoms with Gasteiger partial charge >= 0.3 is 0 Å². The van der Waals surface area contributed by atoms with E-state index in [9.17, 15) is 0 Å². The molecule has 0 saturated carbocycles. The van der Waals surface area contributed by atoms with Crippen LogP contribution in [0.3, 0.4) is 0 Å². The first-order valence-corrected chi connectivity index (χ1v) is 5.51. The molecule has 1 rings (SSSR count). The lowest BCUT2D eigenvalue weighted by molar-refractivity contribution is 0.401. The van der Waals surface area contributed by atoms with Crippen LogP contribution in [0.15, 0.2) is 12.4 Å². The highest BCUT2D eigenvalue weighted by Crippen LogP contribution is 2.12. The molecule has 0 atom stereocenters. The number of rotatable bonds is 6. The van der Waals surface area contributed by atoms with Crippen LogP contribution in [0.25, 0.3) is 0 Å².